The molecule has 0 unspecified atom stereocenters. The number of hydrogen-bond acceptors (Lipinski definition) is 0. The molecule has 1 aromatic rings. The highest BCUT2D eigenvalue weighted by molar-refractivity contribution is 4.98. The molecule has 10 heavy (non-hydrogen) atoms. The first kappa shape index (κ1) is 7.32. The van der Waals surface area contributed by atoms with Gasteiger partial charge < -0.3 is 0 Å². The first-order valence-electron chi connectivity index (χ1n) is 3.62. The molecule has 0 aromatic carbocycles. The van der Waals surface area contributed by atoms with Gasteiger partial charge in [-0.1, -0.05) is 13.8 Å². The van der Waals surface area contributed by atoms with Crippen LogP contribution in [0.1, 0.15) is 25.5 Å². The zero-order chi connectivity index (χ0) is 7.72. The maximum absolute atomic E-state index is 2.20. The summed E-state index contributed by atoms with van der Waals surface area (Å²) < 4.78 is 4.24. The molecular weight excluding hydrogens is 124 g/mol. The topological polar surface area (TPSA) is 8.81 Å². The van der Waals surface area contributed by atoms with Crippen molar-refractivity contribution >= 4 is 0 Å². The summed E-state index contributed by atoms with van der Waals surface area (Å²) in [7, 11) is 4.13. The molecule has 1 aromatic heterocycles. The molecule has 2 nitrogen and oxygen atoms in total. The fourth-order valence-corrected chi connectivity index (χ4v) is 1.23. The molecule has 0 amide bonds. The Labute approximate surface area is 62.1 Å². The number of aromatic nitrogens is 2. The van der Waals surface area contributed by atoms with Gasteiger partial charge in [-0.3, -0.25) is 0 Å². The van der Waals surface area contributed by atoms with E-state index in [9.17, 15) is 0 Å². The number of aryl methyl sites for hydroxylation is 2. The van der Waals surface area contributed by atoms with Gasteiger partial charge in [0.2, 0.25) is 6.33 Å². The molecule has 2 heteroatoms. The number of hydrogen-bond donors (Lipinski definition) is 0. The predicted molar refractivity (Wildman–Crippen MR) is 40.7 cm³/mol. The van der Waals surface area contributed by atoms with E-state index in [1.807, 2.05) is 7.05 Å². The second-order valence-electron chi connectivity index (χ2n) is 3.10. The molecule has 1 heterocycles. The van der Waals surface area contributed by atoms with Gasteiger partial charge in [0.25, 0.3) is 0 Å². The third-order valence-electron chi connectivity index (χ3n) is 1.69. The molecule has 0 bridgehead atoms. The quantitative estimate of drug-likeness (QED) is 0.513. The van der Waals surface area contributed by atoms with E-state index in [0.717, 1.165) is 0 Å². The molecule has 0 saturated carbocycles. The monoisotopic (exact) mass is 139 g/mol. The Morgan fingerprint density at radius 3 is 2.30 bits per heavy atom. The van der Waals surface area contributed by atoms with E-state index >= 15 is 0 Å². The Morgan fingerprint density at radius 2 is 2.10 bits per heavy atom. The van der Waals surface area contributed by atoms with E-state index in [2.05, 4.69) is 42.6 Å². The normalized spacial score (nSPS) is 10.9. The number of nitrogens with zero attached hydrogens (tertiary/aromatic N) is 2. The van der Waals surface area contributed by atoms with Crippen molar-refractivity contribution in [1.29, 1.82) is 0 Å². The Kier molecular flexibility index (Phi) is 1.79. The molecule has 0 radical (unpaired) electrons. The highest BCUT2D eigenvalue weighted by Gasteiger charge is 2.10. The van der Waals surface area contributed by atoms with Crippen LogP contribution in [0.25, 0.3) is 0 Å². The van der Waals surface area contributed by atoms with Gasteiger partial charge in [-0.25, -0.2) is 9.13 Å². The lowest BCUT2D eigenvalue weighted by atomic mass is 10.1. The maximum Gasteiger partial charge on any atom is 0.243 e. The lowest BCUT2D eigenvalue weighted by molar-refractivity contribution is -0.671. The van der Waals surface area contributed by atoms with Crippen LogP contribution >= 0.6 is 0 Å². The Hall–Kier alpha value is -0.790. The van der Waals surface area contributed by atoms with Gasteiger partial charge in [0.15, 0.2) is 0 Å². The van der Waals surface area contributed by atoms with Gasteiger partial charge in [0, 0.05) is 5.92 Å². The molecule has 0 atom stereocenters. The van der Waals surface area contributed by atoms with E-state index in [0.29, 0.717) is 5.92 Å². The fourth-order valence-electron chi connectivity index (χ4n) is 1.23. The Bertz CT molecular complexity index is 223. The van der Waals surface area contributed by atoms with Crippen LogP contribution in [-0.2, 0) is 14.1 Å². The van der Waals surface area contributed by atoms with Crippen molar-refractivity contribution in [2.45, 2.75) is 19.8 Å². The zero-order valence-corrected chi connectivity index (χ0v) is 7.13. The molecule has 0 aliphatic rings. The molecule has 0 N–H and O–H groups in total. The molecular formula is C8H15N2+. The average molecular weight is 139 g/mol. The van der Waals surface area contributed by atoms with Gasteiger partial charge in [-0.2, -0.15) is 0 Å². The van der Waals surface area contributed by atoms with E-state index in [1.165, 1.54) is 5.69 Å². The maximum atomic E-state index is 2.20. The summed E-state index contributed by atoms with van der Waals surface area (Å²) in [5, 5.41) is 0. The van der Waals surface area contributed by atoms with Crippen molar-refractivity contribution in [1.82, 2.24) is 4.57 Å². The van der Waals surface area contributed by atoms with Crippen molar-refractivity contribution in [2.75, 3.05) is 0 Å². The smallest absolute Gasteiger partial charge is 0.239 e. The highest BCUT2D eigenvalue weighted by Crippen LogP contribution is 2.09. The van der Waals surface area contributed by atoms with Crippen LogP contribution in [0, 0.1) is 0 Å². The summed E-state index contributed by atoms with van der Waals surface area (Å²) in [6.07, 6.45) is 4.24. The summed E-state index contributed by atoms with van der Waals surface area (Å²) in [6, 6.07) is 0. The van der Waals surface area contributed by atoms with Crippen LogP contribution in [0.5, 0.6) is 0 Å². The number of imidazole rings is 1. The summed E-state index contributed by atoms with van der Waals surface area (Å²) in [5.74, 6) is 0.617. The molecule has 56 valence electrons. The SMILES string of the molecule is CC(C)c1c[n+](C)cn1C. The van der Waals surface area contributed by atoms with Gasteiger partial charge in [0.1, 0.15) is 11.9 Å². The van der Waals surface area contributed by atoms with E-state index in [4.69, 9.17) is 0 Å². The van der Waals surface area contributed by atoms with Gasteiger partial charge in [-0.05, 0) is 0 Å². The lowest BCUT2D eigenvalue weighted by Gasteiger charge is -1.96. The standard InChI is InChI=1S/C8H15N2/c1-7(2)8-5-9(3)6-10(8)4/h5-7H,1-4H3/q+1. The van der Waals surface area contributed by atoms with Crippen LogP contribution in [-0.4, -0.2) is 4.57 Å². The van der Waals surface area contributed by atoms with Crippen LogP contribution in [0.4, 0.5) is 0 Å². The molecule has 0 fully saturated rings. The summed E-state index contributed by atoms with van der Waals surface area (Å²) in [5.41, 5.74) is 1.38. The molecule has 0 spiro atoms. The van der Waals surface area contributed by atoms with Crippen LogP contribution in [0.3, 0.4) is 0 Å². The minimum absolute atomic E-state index is 0.617. The largest absolute Gasteiger partial charge is 0.243 e. The lowest BCUT2D eigenvalue weighted by Crippen LogP contribution is -2.23. The molecule has 0 aliphatic heterocycles. The van der Waals surface area contributed by atoms with Crippen molar-refractivity contribution in [3.05, 3.63) is 18.2 Å². The predicted octanol–water partition coefficient (Wildman–Crippen LogP) is 0.973. The molecule has 1 rings (SSSR count). The highest BCUT2D eigenvalue weighted by atomic mass is 15.1. The van der Waals surface area contributed by atoms with E-state index in [-0.39, 0.29) is 0 Å². The van der Waals surface area contributed by atoms with Crippen LogP contribution in [0.2, 0.25) is 0 Å². The number of rotatable bonds is 1. The van der Waals surface area contributed by atoms with Crippen molar-refractivity contribution in [3.63, 3.8) is 0 Å². The summed E-state index contributed by atoms with van der Waals surface area (Å²) in [4.78, 5) is 0. The third kappa shape index (κ3) is 1.20. The second-order valence-corrected chi connectivity index (χ2v) is 3.10. The van der Waals surface area contributed by atoms with Gasteiger partial charge in [-0.15, -0.1) is 0 Å². The molecule has 0 saturated heterocycles. The Morgan fingerprint density at radius 1 is 1.50 bits per heavy atom. The minimum atomic E-state index is 0.617. The van der Waals surface area contributed by atoms with Crippen LogP contribution in [0.15, 0.2) is 12.5 Å². The van der Waals surface area contributed by atoms with E-state index in [1.54, 1.807) is 0 Å². The summed E-state index contributed by atoms with van der Waals surface area (Å²) >= 11 is 0. The zero-order valence-electron chi connectivity index (χ0n) is 7.13. The third-order valence-corrected chi connectivity index (χ3v) is 1.69. The van der Waals surface area contributed by atoms with Crippen LogP contribution < -0.4 is 4.57 Å². The fraction of sp³-hybridized carbons (Fsp3) is 0.625. The van der Waals surface area contributed by atoms with Crippen molar-refractivity contribution < 1.29 is 4.57 Å². The van der Waals surface area contributed by atoms with Gasteiger partial charge in [0.05, 0.1) is 14.1 Å². The van der Waals surface area contributed by atoms with E-state index < -0.39 is 0 Å². The average Bonchev–Trinajstić information content (AvgIpc) is 2.10. The minimum Gasteiger partial charge on any atom is -0.239 e. The first-order valence-corrected chi connectivity index (χ1v) is 3.62. The molecule has 0 aliphatic carbocycles. The van der Waals surface area contributed by atoms with Gasteiger partial charge >= 0.3 is 0 Å². The van der Waals surface area contributed by atoms with Crippen molar-refractivity contribution in [3.8, 4) is 0 Å². The summed E-state index contributed by atoms with van der Waals surface area (Å²) in [6.45, 7) is 4.41. The second kappa shape index (κ2) is 2.45. The first-order chi connectivity index (χ1) is 4.61. The Balaban J connectivity index is 3.03. The van der Waals surface area contributed by atoms with Crippen molar-refractivity contribution in [2.24, 2.45) is 14.1 Å².